The van der Waals surface area contributed by atoms with Gasteiger partial charge >= 0.3 is 0 Å². The van der Waals surface area contributed by atoms with Crippen molar-refractivity contribution in [3.8, 4) is 0 Å². The van der Waals surface area contributed by atoms with Gasteiger partial charge in [0.25, 0.3) is 0 Å². The minimum absolute atomic E-state index is 0.521. The lowest BCUT2D eigenvalue weighted by Gasteiger charge is -2.06. The van der Waals surface area contributed by atoms with Gasteiger partial charge in [-0.25, -0.2) is 0 Å². The van der Waals surface area contributed by atoms with Crippen LogP contribution in [0.5, 0.6) is 0 Å². The molecule has 1 aromatic carbocycles. The van der Waals surface area contributed by atoms with E-state index in [2.05, 4.69) is 15.9 Å². The minimum atomic E-state index is 0.521. The molecule has 0 bridgehead atoms. The minimum Gasteiger partial charge on any atom is -0.326 e. The molecule has 1 rings (SSSR count). The van der Waals surface area contributed by atoms with Gasteiger partial charge in [0.1, 0.15) is 0 Å². The van der Waals surface area contributed by atoms with E-state index in [1.165, 1.54) is 5.56 Å². The Bertz CT molecular complexity index is 273. The van der Waals surface area contributed by atoms with Crippen molar-refractivity contribution in [1.82, 2.24) is 0 Å². The van der Waals surface area contributed by atoms with Crippen LogP contribution in [0.15, 0.2) is 16.6 Å². The molecule has 0 aliphatic rings. The van der Waals surface area contributed by atoms with Crippen molar-refractivity contribution < 1.29 is 0 Å². The van der Waals surface area contributed by atoms with E-state index in [-0.39, 0.29) is 0 Å². The number of aryl methyl sites for hydroxylation is 1. The van der Waals surface area contributed by atoms with Crippen LogP contribution in [0.1, 0.15) is 11.1 Å². The van der Waals surface area contributed by atoms with Crippen molar-refractivity contribution in [2.45, 2.75) is 13.5 Å². The predicted molar refractivity (Wildman–Crippen MR) is 51.8 cm³/mol. The molecule has 1 nitrogen and oxygen atoms in total. The third-order valence-electron chi connectivity index (χ3n) is 1.63. The maximum absolute atomic E-state index is 5.86. The number of nitrogens with two attached hydrogens (primary N) is 1. The first kappa shape index (κ1) is 9.04. The summed E-state index contributed by atoms with van der Waals surface area (Å²) in [5, 5.41) is 0.719. The second kappa shape index (κ2) is 3.57. The molecule has 0 saturated carbocycles. The molecule has 0 radical (unpaired) electrons. The first-order chi connectivity index (χ1) is 5.16. The number of benzene rings is 1. The van der Waals surface area contributed by atoms with Crippen LogP contribution >= 0.6 is 27.5 Å². The highest BCUT2D eigenvalue weighted by molar-refractivity contribution is 9.10. The summed E-state index contributed by atoms with van der Waals surface area (Å²) >= 11 is 9.24. The van der Waals surface area contributed by atoms with Gasteiger partial charge in [0.2, 0.25) is 0 Å². The molecular weight excluding hydrogens is 225 g/mol. The summed E-state index contributed by atoms with van der Waals surface area (Å²) in [6.45, 7) is 2.54. The Labute approximate surface area is 79.7 Å². The van der Waals surface area contributed by atoms with Crippen LogP contribution < -0.4 is 5.73 Å². The van der Waals surface area contributed by atoms with Gasteiger partial charge in [-0.2, -0.15) is 0 Å². The Hall–Kier alpha value is -0.0500. The molecule has 0 saturated heterocycles. The smallest absolute Gasteiger partial charge is 0.0551 e. The predicted octanol–water partition coefficient (Wildman–Crippen LogP) is 2.87. The van der Waals surface area contributed by atoms with Gasteiger partial charge < -0.3 is 5.73 Å². The summed E-state index contributed by atoms with van der Waals surface area (Å²) in [6.07, 6.45) is 0. The summed E-state index contributed by atoms with van der Waals surface area (Å²) in [5.74, 6) is 0. The fourth-order valence-electron chi connectivity index (χ4n) is 0.940. The highest BCUT2D eigenvalue weighted by Crippen LogP contribution is 2.28. The first-order valence-electron chi connectivity index (χ1n) is 3.30. The van der Waals surface area contributed by atoms with Crippen molar-refractivity contribution in [1.29, 1.82) is 0 Å². The van der Waals surface area contributed by atoms with Crippen LogP contribution in [0.25, 0.3) is 0 Å². The summed E-state index contributed by atoms with van der Waals surface area (Å²) in [7, 11) is 0. The van der Waals surface area contributed by atoms with E-state index >= 15 is 0 Å². The molecule has 0 spiro atoms. The summed E-state index contributed by atoms with van der Waals surface area (Å²) in [4.78, 5) is 0. The average molecular weight is 235 g/mol. The Balaban J connectivity index is 3.29. The van der Waals surface area contributed by atoms with Crippen LogP contribution in [0.3, 0.4) is 0 Å². The van der Waals surface area contributed by atoms with E-state index in [0.717, 1.165) is 15.1 Å². The number of rotatable bonds is 1. The zero-order valence-electron chi connectivity index (χ0n) is 6.20. The molecule has 0 fully saturated rings. The molecule has 0 aliphatic carbocycles. The molecule has 0 heterocycles. The van der Waals surface area contributed by atoms with E-state index in [0.29, 0.717) is 6.54 Å². The van der Waals surface area contributed by atoms with E-state index in [4.69, 9.17) is 17.3 Å². The molecule has 0 unspecified atom stereocenters. The van der Waals surface area contributed by atoms with Crippen molar-refractivity contribution in [3.63, 3.8) is 0 Å². The van der Waals surface area contributed by atoms with E-state index in [1.807, 2.05) is 19.1 Å². The monoisotopic (exact) mass is 233 g/mol. The second-order valence-corrected chi connectivity index (χ2v) is 3.56. The van der Waals surface area contributed by atoms with Crippen molar-refractivity contribution in [2.75, 3.05) is 0 Å². The maximum atomic E-state index is 5.86. The summed E-state index contributed by atoms with van der Waals surface area (Å²) in [6, 6.07) is 3.83. The van der Waals surface area contributed by atoms with E-state index < -0.39 is 0 Å². The average Bonchev–Trinajstić information content (AvgIpc) is 1.99. The first-order valence-corrected chi connectivity index (χ1v) is 4.47. The molecule has 2 N–H and O–H groups in total. The van der Waals surface area contributed by atoms with Gasteiger partial charge in [-0.05, 0) is 40.0 Å². The van der Waals surface area contributed by atoms with Gasteiger partial charge in [0.05, 0.1) is 5.02 Å². The quantitative estimate of drug-likeness (QED) is 0.794. The third-order valence-corrected chi connectivity index (χ3v) is 3.08. The van der Waals surface area contributed by atoms with Gasteiger partial charge in [0, 0.05) is 11.0 Å². The third kappa shape index (κ3) is 1.75. The largest absolute Gasteiger partial charge is 0.326 e. The molecule has 0 aliphatic heterocycles. The highest BCUT2D eigenvalue weighted by atomic mass is 79.9. The van der Waals surface area contributed by atoms with Crippen molar-refractivity contribution >= 4 is 27.5 Å². The van der Waals surface area contributed by atoms with Gasteiger partial charge in [-0.15, -0.1) is 0 Å². The molecule has 0 atom stereocenters. The highest BCUT2D eigenvalue weighted by Gasteiger charge is 2.04. The van der Waals surface area contributed by atoms with Crippen LogP contribution in [-0.2, 0) is 6.54 Å². The fraction of sp³-hybridized carbons (Fsp3) is 0.250. The zero-order chi connectivity index (χ0) is 8.43. The molecule has 3 heteroatoms. The molecule has 11 heavy (non-hydrogen) atoms. The van der Waals surface area contributed by atoms with Crippen molar-refractivity contribution in [3.05, 3.63) is 32.8 Å². The van der Waals surface area contributed by atoms with E-state index in [1.54, 1.807) is 0 Å². The SMILES string of the molecule is Cc1ccc(Cl)c(Br)c1CN. The Kier molecular flexibility index (Phi) is 2.93. The number of hydrogen-bond donors (Lipinski definition) is 1. The van der Waals surface area contributed by atoms with Crippen LogP contribution in [0, 0.1) is 6.92 Å². The topological polar surface area (TPSA) is 26.0 Å². The fourth-order valence-corrected chi connectivity index (χ4v) is 1.72. The number of hydrogen-bond acceptors (Lipinski definition) is 1. The second-order valence-electron chi connectivity index (χ2n) is 2.36. The van der Waals surface area contributed by atoms with E-state index in [9.17, 15) is 0 Å². The molecule has 1 aromatic rings. The Morgan fingerprint density at radius 1 is 1.55 bits per heavy atom. The zero-order valence-corrected chi connectivity index (χ0v) is 8.54. The lowest BCUT2D eigenvalue weighted by atomic mass is 10.1. The van der Waals surface area contributed by atoms with Crippen LogP contribution in [0.4, 0.5) is 0 Å². The van der Waals surface area contributed by atoms with Crippen LogP contribution in [0.2, 0.25) is 5.02 Å². The standard InChI is InChI=1S/C8H9BrClN/c1-5-2-3-7(10)8(9)6(5)4-11/h2-3H,4,11H2,1H3. The lowest BCUT2D eigenvalue weighted by molar-refractivity contribution is 1.04. The van der Waals surface area contributed by atoms with Crippen LogP contribution in [-0.4, -0.2) is 0 Å². The summed E-state index contributed by atoms with van der Waals surface area (Å²) < 4.78 is 0.918. The van der Waals surface area contributed by atoms with Gasteiger partial charge in [-0.1, -0.05) is 17.7 Å². The Morgan fingerprint density at radius 2 is 2.18 bits per heavy atom. The normalized spacial score (nSPS) is 10.2. The van der Waals surface area contributed by atoms with Gasteiger partial charge in [-0.3, -0.25) is 0 Å². The maximum Gasteiger partial charge on any atom is 0.0551 e. The lowest BCUT2D eigenvalue weighted by Crippen LogP contribution is -2.00. The molecule has 0 aromatic heterocycles. The molecular formula is C8H9BrClN. The Morgan fingerprint density at radius 3 is 2.64 bits per heavy atom. The molecule has 0 amide bonds. The summed E-state index contributed by atoms with van der Waals surface area (Å²) in [5.41, 5.74) is 7.78. The van der Waals surface area contributed by atoms with Crippen molar-refractivity contribution in [2.24, 2.45) is 5.73 Å². The van der Waals surface area contributed by atoms with Gasteiger partial charge in [0.15, 0.2) is 0 Å². The number of halogens is 2. The molecule has 60 valence electrons.